The van der Waals surface area contributed by atoms with Crippen LogP contribution in [-0.2, 0) is 6.54 Å². The first-order valence-electron chi connectivity index (χ1n) is 8.51. The molecule has 0 radical (unpaired) electrons. The van der Waals surface area contributed by atoms with E-state index >= 15 is 0 Å². The van der Waals surface area contributed by atoms with Crippen LogP contribution in [0.3, 0.4) is 0 Å². The molecule has 4 rings (SSSR count). The molecule has 1 fully saturated rings. The zero-order valence-corrected chi connectivity index (χ0v) is 15.0. The Hall–Kier alpha value is -1.86. The van der Waals surface area contributed by atoms with E-state index in [1.807, 2.05) is 12.1 Å². The zero-order valence-electron chi connectivity index (χ0n) is 14.2. The standard InChI is InChI=1S/C18H18ClF3N4/c1-25-6-2-3-12(8-25)11-4-5-14-13(7-11)15-16(17(19)24-10-23-15)26(14)9-18(20,21)22/h4-5,7,10,12H,2-3,6,8-9H2,1H3/t12-/m1/s1. The monoisotopic (exact) mass is 382 g/mol. The average Bonchev–Trinajstić information content (AvgIpc) is 2.88. The van der Waals surface area contributed by atoms with E-state index in [9.17, 15) is 13.2 Å². The molecule has 2 aromatic heterocycles. The molecule has 3 aromatic rings. The number of aromatic nitrogens is 3. The number of piperidine rings is 1. The van der Waals surface area contributed by atoms with E-state index < -0.39 is 12.7 Å². The van der Waals surface area contributed by atoms with E-state index in [0.717, 1.165) is 31.5 Å². The maximum absolute atomic E-state index is 13.1. The number of fused-ring (bicyclic) bond motifs is 3. The van der Waals surface area contributed by atoms with Crippen molar-refractivity contribution in [3.8, 4) is 0 Å². The predicted molar refractivity (Wildman–Crippen MR) is 95.6 cm³/mol. The van der Waals surface area contributed by atoms with E-state index in [0.29, 0.717) is 22.3 Å². The summed E-state index contributed by atoms with van der Waals surface area (Å²) < 4.78 is 40.5. The molecule has 0 aliphatic carbocycles. The first-order valence-corrected chi connectivity index (χ1v) is 8.89. The second kappa shape index (κ2) is 6.39. The predicted octanol–water partition coefficient (Wildman–Crippen LogP) is 4.61. The molecule has 0 bridgehead atoms. The summed E-state index contributed by atoms with van der Waals surface area (Å²) in [5.74, 6) is 0.372. The Morgan fingerprint density at radius 1 is 1.27 bits per heavy atom. The Balaban J connectivity index is 1.90. The van der Waals surface area contributed by atoms with E-state index in [2.05, 4.69) is 21.9 Å². The van der Waals surface area contributed by atoms with Crippen molar-refractivity contribution in [2.75, 3.05) is 20.1 Å². The van der Waals surface area contributed by atoms with Crippen LogP contribution < -0.4 is 0 Å². The van der Waals surface area contributed by atoms with Crippen molar-refractivity contribution in [2.45, 2.75) is 31.5 Å². The van der Waals surface area contributed by atoms with Crippen molar-refractivity contribution < 1.29 is 13.2 Å². The molecule has 26 heavy (non-hydrogen) atoms. The highest BCUT2D eigenvalue weighted by molar-refractivity contribution is 6.34. The summed E-state index contributed by atoms with van der Waals surface area (Å²) in [4.78, 5) is 10.4. The van der Waals surface area contributed by atoms with Crippen molar-refractivity contribution in [1.82, 2.24) is 19.4 Å². The van der Waals surface area contributed by atoms with Crippen molar-refractivity contribution in [1.29, 1.82) is 0 Å². The summed E-state index contributed by atoms with van der Waals surface area (Å²) in [5.41, 5.74) is 2.31. The Bertz CT molecular complexity index is 966. The third-order valence-electron chi connectivity index (χ3n) is 5.05. The molecule has 1 aliphatic rings. The largest absolute Gasteiger partial charge is 0.406 e. The molecular formula is C18H18ClF3N4. The highest BCUT2D eigenvalue weighted by atomic mass is 35.5. The Morgan fingerprint density at radius 2 is 2.08 bits per heavy atom. The van der Waals surface area contributed by atoms with Crippen molar-refractivity contribution in [2.24, 2.45) is 0 Å². The van der Waals surface area contributed by atoms with Crippen LogP contribution in [0.4, 0.5) is 13.2 Å². The summed E-state index contributed by atoms with van der Waals surface area (Å²) in [6.07, 6.45) is -0.873. The van der Waals surface area contributed by atoms with Crippen LogP contribution >= 0.6 is 11.6 Å². The van der Waals surface area contributed by atoms with E-state index in [4.69, 9.17) is 11.6 Å². The second-order valence-electron chi connectivity index (χ2n) is 6.94. The molecule has 1 aliphatic heterocycles. The van der Waals surface area contributed by atoms with Gasteiger partial charge in [-0.05, 0) is 50.0 Å². The molecule has 4 nitrogen and oxygen atoms in total. The fourth-order valence-electron chi connectivity index (χ4n) is 3.93. The third-order valence-corrected chi connectivity index (χ3v) is 5.32. The Kier molecular flexibility index (Phi) is 4.31. The molecule has 0 unspecified atom stereocenters. The molecule has 0 amide bonds. The first kappa shape index (κ1) is 17.5. The fourth-order valence-corrected chi connectivity index (χ4v) is 4.16. The van der Waals surface area contributed by atoms with Gasteiger partial charge < -0.3 is 9.47 Å². The van der Waals surface area contributed by atoms with Crippen LogP contribution in [0, 0.1) is 0 Å². The molecule has 138 valence electrons. The van der Waals surface area contributed by atoms with Gasteiger partial charge in [0.25, 0.3) is 0 Å². The van der Waals surface area contributed by atoms with Gasteiger partial charge in [-0.25, -0.2) is 9.97 Å². The topological polar surface area (TPSA) is 34.0 Å². The molecule has 1 aromatic carbocycles. The van der Waals surface area contributed by atoms with Gasteiger partial charge in [0.15, 0.2) is 5.15 Å². The van der Waals surface area contributed by atoms with Crippen LogP contribution in [-0.4, -0.2) is 45.7 Å². The van der Waals surface area contributed by atoms with Gasteiger partial charge in [-0.1, -0.05) is 17.7 Å². The van der Waals surface area contributed by atoms with Gasteiger partial charge in [-0.2, -0.15) is 13.2 Å². The van der Waals surface area contributed by atoms with Crippen LogP contribution in [0.2, 0.25) is 5.15 Å². The molecule has 1 saturated heterocycles. The maximum Gasteiger partial charge on any atom is 0.406 e. The highest BCUT2D eigenvalue weighted by Gasteiger charge is 2.31. The minimum Gasteiger partial charge on any atom is -0.327 e. The fraction of sp³-hybridized carbons (Fsp3) is 0.444. The van der Waals surface area contributed by atoms with Gasteiger partial charge in [0.2, 0.25) is 0 Å². The summed E-state index contributed by atoms with van der Waals surface area (Å²) in [6.45, 7) is 0.903. The minimum absolute atomic E-state index is 0.0365. The lowest BCUT2D eigenvalue weighted by Crippen LogP contribution is -2.30. The van der Waals surface area contributed by atoms with Gasteiger partial charge >= 0.3 is 6.18 Å². The lowest BCUT2D eigenvalue weighted by Gasteiger charge is -2.30. The van der Waals surface area contributed by atoms with Gasteiger partial charge in [0.1, 0.15) is 23.9 Å². The van der Waals surface area contributed by atoms with E-state index in [-0.39, 0.29) is 10.7 Å². The van der Waals surface area contributed by atoms with Crippen molar-refractivity contribution in [3.63, 3.8) is 0 Å². The number of likely N-dealkylation sites (tertiary alicyclic amines) is 1. The number of halogens is 4. The highest BCUT2D eigenvalue weighted by Crippen LogP contribution is 2.36. The second-order valence-corrected chi connectivity index (χ2v) is 7.30. The zero-order chi connectivity index (χ0) is 18.5. The lowest BCUT2D eigenvalue weighted by molar-refractivity contribution is -0.139. The SMILES string of the molecule is CN1CCC[C@@H](c2ccc3c(c2)c2ncnc(Cl)c2n3CC(F)(F)F)C1. The van der Waals surface area contributed by atoms with Crippen LogP contribution in [0.1, 0.15) is 24.3 Å². The Morgan fingerprint density at radius 3 is 2.81 bits per heavy atom. The van der Waals surface area contributed by atoms with Gasteiger partial charge in [0, 0.05) is 11.9 Å². The van der Waals surface area contributed by atoms with Crippen molar-refractivity contribution in [3.05, 3.63) is 35.2 Å². The summed E-state index contributed by atoms with van der Waals surface area (Å²) in [7, 11) is 2.09. The van der Waals surface area contributed by atoms with Gasteiger partial charge in [-0.3, -0.25) is 0 Å². The number of nitrogens with zero attached hydrogens (tertiary/aromatic N) is 4. The number of hydrogen-bond acceptors (Lipinski definition) is 3. The van der Waals surface area contributed by atoms with Gasteiger partial charge in [0.05, 0.1) is 5.52 Å². The molecular weight excluding hydrogens is 365 g/mol. The Labute approximate surface area is 153 Å². The quantitative estimate of drug-likeness (QED) is 0.607. The van der Waals surface area contributed by atoms with E-state index in [1.165, 1.54) is 10.9 Å². The van der Waals surface area contributed by atoms with E-state index in [1.54, 1.807) is 6.07 Å². The summed E-state index contributed by atoms with van der Waals surface area (Å²) in [6, 6.07) is 5.65. The smallest absolute Gasteiger partial charge is 0.327 e. The lowest BCUT2D eigenvalue weighted by atomic mass is 9.90. The molecule has 0 spiro atoms. The number of alkyl halides is 3. The number of benzene rings is 1. The average molecular weight is 383 g/mol. The summed E-state index contributed by atoms with van der Waals surface area (Å²) in [5, 5.41) is 0.730. The van der Waals surface area contributed by atoms with Crippen molar-refractivity contribution >= 4 is 33.5 Å². The minimum atomic E-state index is -4.36. The summed E-state index contributed by atoms with van der Waals surface area (Å²) >= 11 is 6.12. The first-order chi connectivity index (χ1) is 12.3. The van der Waals surface area contributed by atoms with Crippen LogP contribution in [0.15, 0.2) is 24.5 Å². The number of hydrogen-bond donors (Lipinski definition) is 0. The van der Waals surface area contributed by atoms with Crippen LogP contribution in [0.25, 0.3) is 21.9 Å². The molecule has 0 saturated carbocycles. The molecule has 0 N–H and O–H groups in total. The third kappa shape index (κ3) is 3.14. The molecule has 8 heteroatoms. The van der Waals surface area contributed by atoms with Crippen LogP contribution in [0.5, 0.6) is 0 Å². The number of likely N-dealkylation sites (N-methyl/N-ethyl adjacent to an activating group) is 1. The molecule has 3 heterocycles. The number of rotatable bonds is 2. The normalized spacial score (nSPS) is 19.5. The maximum atomic E-state index is 13.1. The van der Waals surface area contributed by atoms with Gasteiger partial charge in [-0.15, -0.1) is 0 Å². The molecule has 1 atom stereocenters.